The van der Waals surface area contributed by atoms with Gasteiger partial charge in [-0.2, -0.15) is 0 Å². The molecule has 0 fully saturated rings. The van der Waals surface area contributed by atoms with Gasteiger partial charge in [0.05, 0.1) is 14.2 Å². The van der Waals surface area contributed by atoms with E-state index in [9.17, 15) is 4.39 Å². The van der Waals surface area contributed by atoms with Crippen LogP contribution in [0.25, 0.3) is 0 Å². The van der Waals surface area contributed by atoms with E-state index in [1.54, 1.807) is 14.2 Å². The minimum atomic E-state index is -0.241. The third kappa shape index (κ3) is 3.41. The standard InChI is InChI=1S/C16H18FNO2/c1-11-6-13(17)8-14(7-11)18-10-12-4-5-15(19-2)9-16(12)20-3/h4-9,18H,10H2,1-3H3. The summed E-state index contributed by atoms with van der Waals surface area (Å²) in [6, 6.07) is 10.5. The summed E-state index contributed by atoms with van der Waals surface area (Å²) in [5, 5.41) is 3.19. The van der Waals surface area contributed by atoms with Crippen LogP contribution >= 0.6 is 0 Å². The molecule has 0 saturated carbocycles. The van der Waals surface area contributed by atoms with Crippen molar-refractivity contribution in [1.29, 1.82) is 0 Å². The number of rotatable bonds is 5. The molecule has 106 valence electrons. The van der Waals surface area contributed by atoms with Crippen LogP contribution in [0.2, 0.25) is 0 Å². The number of halogens is 1. The molecule has 0 spiro atoms. The van der Waals surface area contributed by atoms with Gasteiger partial charge >= 0.3 is 0 Å². The fourth-order valence-corrected chi connectivity index (χ4v) is 2.03. The van der Waals surface area contributed by atoms with Crippen molar-refractivity contribution < 1.29 is 13.9 Å². The van der Waals surface area contributed by atoms with Gasteiger partial charge in [-0.05, 0) is 42.8 Å². The lowest BCUT2D eigenvalue weighted by Gasteiger charge is -2.12. The largest absolute Gasteiger partial charge is 0.497 e. The van der Waals surface area contributed by atoms with Crippen molar-refractivity contribution in [2.75, 3.05) is 19.5 Å². The summed E-state index contributed by atoms with van der Waals surface area (Å²) >= 11 is 0. The number of aryl methyl sites for hydroxylation is 1. The molecule has 0 aromatic heterocycles. The first-order chi connectivity index (χ1) is 9.62. The molecule has 0 heterocycles. The normalized spacial score (nSPS) is 10.2. The number of benzene rings is 2. The third-order valence-corrected chi connectivity index (χ3v) is 3.02. The first kappa shape index (κ1) is 14.2. The van der Waals surface area contributed by atoms with E-state index in [1.807, 2.05) is 31.2 Å². The zero-order chi connectivity index (χ0) is 14.5. The van der Waals surface area contributed by atoms with E-state index in [0.717, 1.165) is 28.3 Å². The Morgan fingerprint density at radius 3 is 2.50 bits per heavy atom. The first-order valence-corrected chi connectivity index (χ1v) is 6.34. The highest BCUT2D eigenvalue weighted by Gasteiger charge is 2.05. The minimum Gasteiger partial charge on any atom is -0.497 e. The van der Waals surface area contributed by atoms with Gasteiger partial charge in [-0.1, -0.05) is 0 Å². The van der Waals surface area contributed by atoms with Gasteiger partial charge < -0.3 is 14.8 Å². The molecule has 4 heteroatoms. The second-order valence-electron chi connectivity index (χ2n) is 4.55. The van der Waals surface area contributed by atoms with E-state index in [1.165, 1.54) is 12.1 Å². The van der Waals surface area contributed by atoms with E-state index in [-0.39, 0.29) is 5.82 Å². The van der Waals surface area contributed by atoms with Crippen molar-refractivity contribution in [3.8, 4) is 11.5 Å². The highest BCUT2D eigenvalue weighted by molar-refractivity contribution is 5.48. The maximum Gasteiger partial charge on any atom is 0.127 e. The highest BCUT2D eigenvalue weighted by atomic mass is 19.1. The van der Waals surface area contributed by atoms with E-state index in [0.29, 0.717) is 6.54 Å². The van der Waals surface area contributed by atoms with Crippen LogP contribution in [-0.4, -0.2) is 14.2 Å². The molecule has 1 N–H and O–H groups in total. The average Bonchev–Trinajstić information content (AvgIpc) is 2.44. The summed E-state index contributed by atoms with van der Waals surface area (Å²) in [5.41, 5.74) is 2.62. The summed E-state index contributed by atoms with van der Waals surface area (Å²) in [7, 11) is 3.23. The lowest BCUT2D eigenvalue weighted by molar-refractivity contribution is 0.391. The van der Waals surface area contributed by atoms with Gasteiger partial charge in [0.15, 0.2) is 0 Å². The van der Waals surface area contributed by atoms with Crippen molar-refractivity contribution in [3.63, 3.8) is 0 Å². The van der Waals surface area contributed by atoms with E-state index >= 15 is 0 Å². The van der Waals surface area contributed by atoms with Gasteiger partial charge in [-0.3, -0.25) is 0 Å². The topological polar surface area (TPSA) is 30.5 Å². The Bertz CT molecular complexity index is 579. The number of hydrogen-bond acceptors (Lipinski definition) is 3. The molecular formula is C16H18FNO2. The van der Waals surface area contributed by atoms with Gasteiger partial charge in [-0.25, -0.2) is 4.39 Å². The lowest BCUT2D eigenvalue weighted by atomic mass is 10.1. The zero-order valence-electron chi connectivity index (χ0n) is 11.9. The van der Waals surface area contributed by atoms with Gasteiger partial charge in [0.2, 0.25) is 0 Å². The van der Waals surface area contributed by atoms with Crippen molar-refractivity contribution in [2.45, 2.75) is 13.5 Å². The zero-order valence-corrected chi connectivity index (χ0v) is 11.9. The summed E-state index contributed by atoms with van der Waals surface area (Å²) in [6.45, 7) is 2.41. The van der Waals surface area contributed by atoms with E-state index in [2.05, 4.69) is 5.32 Å². The second kappa shape index (κ2) is 6.28. The molecule has 0 radical (unpaired) electrons. The van der Waals surface area contributed by atoms with Crippen LogP contribution in [0.1, 0.15) is 11.1 Å². The minimum absolute atomic E-state index is 0.241. The van der Waals surface area contributed by atoms with E-state index in [4.69, 9.17) is 9.47 Å². The molecule has 0 amide bonds. The monoisotopic (exact) mass is 275 g/mol. The highest BCUT2D eigenvalue weighted by Crippen LogP contribution is 2.25. The molecule has 2 aromatic carbocycles. The molecule has 0 atom stereocenters. The molecular weight excluding hydrogens is 257 g/mol. The van der Waals surface area contributed by atoms with Crippen molar-refractivity contribution in [1.82, 2.24) is 0 Å². The number of ether oxygens (including phenoxy) is 2. The van der Waals surface area contributed by atoms with Crippen molar-refractivity contribution in [2.24, 2.45) is 0 Å². The van der Waals surface area contributed by atoms with Crippen LogP contribution in [0.3, 0.4) is 0 Å². The summed E-state index contributed by atoms with van der Waals surface area (Å²) in [5.74, 6) is 1.24. The van der Waals surface area contributed by atoms with Crippen molar-refractivity contribution in [3.05, 3.63) is 53.3 Å². The molecule has 0 unspecified atom stereocenters. The predicted octanol–water partition coefficient (Wildman–Crippen LogP) is 3.76. The molecule has 0 aliphatic heterocycles. The van der Waals surface area contributed by atoms with Gasteiger partial charge in [0.1, 0.15) is 17.3 Å². The summed E-state index contributed by atoms with van der Waals surface area (Å²) in [4.78, 5) is 0. The smallest absolute Gasteiger partial charge is 0.127 e. The maximum atomic E-state index is 13.3. The first-order valence-electron chi connectivity index (χ1n) is 6.34. The number of hydrogen-bond donors (Lipinski definition) is 1. The van der Waals surface area contributed by atoms with Crippen LogP contribution in [-0.2, 0) is 6.54 Å². The maximum absolute atomic E-state index is 13.3. The molecule has 0 bridgehead atoms. The Kier molecular flexibility index (Phi) is 4.45. The molecule has 2 rings (SSSR count). The fraction of sp³-hybridized carbons (Fsp3) is 0.250. The van der Waals surface area contributed by atoms with Crippen LogP contribution < -0.4 is 14.8 Å². The Morgan fingerprint density at radius 1 is 1.05 bits per heavy atom. The van der Waals surface area contributed by atoms with Crippen molar-refractivity contribution >= 4 is 5.69 Å². The second-order valence-corrected chi connectivity index (χ2v) is 4.55. The SMILES string of the molecule is COc1ccc(CNc2cc(C)cc(F)c2)c(OC)c1. The van der Waals surface area contributed by atoms with Gasteiger partial charge in [0, 0.05) is 23.9 Å². The Balaban J connectivity index is 2.14. The summed E-state index contributed by atoms with van der Waals surface area (Å²) < 4.78 is 23.8. The fourth-order valence-electron chi connectivity index (χ4n) is 2.03. The summed E-state index contributed by atoms with van der Waals surface area (Å²) in [6.07, 6.45) is 0. The third-order valence-electron chi connectivity index (χ3n) is 3.02. The average molecular weight is 275 g/mol. The van der Waals surface area contributed by atoms with Crippen LogP contribution in [0.5, 0.6) is 11.5 Å². The molecule has 0 aliphatic carbocycles. The molecule has 0 aliphatic rings. The number of anilines is 1. The predicted molar refractivity (Wildman–Crippen MR) is 78.0 cm³/mol. The Labute approximate surface area is 118 Å². The molecule has 2 aromatic rings. The van der Waals surface area contributed by atoms with Gasteiger partial charge in [-0.15, -0.1) is 0 Å². The quantitative estimate of drug-likeness (QED) is 0.901. The molecule has 0 saturated heterocycles. The van der Waals surface area contributed by atoms with Crippen LogP contribution in [0, 0.1) is 12.7 Å². The molecule has 20 heavy (non-hydrogen) atoms. The van der Waals surface area contributed by atoms with Crippen LogP contribution in [0.4, 0.5) is 10.1 Å². The lowest BCUT2D eigenvalue weighted by Crippen LogP contribution is -2.02. The van der Waals surface area contributed by atoms with Crippen LogP contribution in [0.15, 0.2) is 36.4 Å². The Hall–Kier alpha value is -2.23. The van der Waals surface area contributed by atoms with E-state index < -0.39 is 0 Å². The Morgan fingerprint density at radius 2 is 1.85 bits per heavy atom. The molecule has 3 nitrogen and oxygen atoms in total. The number of nitrogens with one attached hydrogen (secondary N) is 1. The number of methoxy groups -OCH3 is 2. The van der Waals surface area contributed by atoms with Gasteiger partial charge in [0.25, 0.3) is 0 Å².